The number of hydrogen-bond donors (Lipinski definition) is 1. The maximum Gasteiger partial charge on any atom is 0.188 e. The van der Waals surface area contributed by atoms with Gasteiger partial charge in [-0.3, -0.25) is 0 Å². The van der Waals surface area contributed by atoms with Crippen LogP contribution in [0.5, 0.6) is 0 Å². The zero-order valence-corrected chi connectivity index (χ0v) is 9.09. The normalized spacial score (nSPS) is 12.7. The first-order valence-electron chi connectivity index (χ1n) is 3.65. The van der Waals surface area contributed by atoms with Crippen molar-refractivity contribution in [2.24, 2.45) is 0 Å². The van der Waals surface area contributed by atoms with E-state index >= 15 is 0 Å². The number of hydrogen-bond acceptors (Lipinski definition) is 5. The second-order valence-electron chi connectivity index (χ2n) is 2.45. The van der Waals surface area contributed by atoms with Crippen molar-refractivity contribution in [3.8, 4) is 0 Å². The van der Waals surface area contributed by atoms with Gasteiger partial charge in [0.25, 0.3) is 0 Å². The molecule has 14 heavy (non-hydrogen) atoms. The maximum absolute atomic E-state index is 11.2. The van der Waals surface area contributed by atoms with Gasteiger partial charge in [-0.15, -0.1) is 0 Å². The van der Waals surface area contributed by atoms with Gasteiger partial charge < -0.3 is 5.11 Å². The van der Waals surface area contributed by atoms with E-state index in [1.54, 1.807) is 0 Å². The van der Waals surface area contributed by atoms with Crippen LogP contribution in [0.3, 0.4) is 0 Å². The lowest BCUT2D eigenvalue weighted by Crippen LogP contribution is -2.28. The van der Waals surface area contributed by atoms with Crippen molar-refractivity contribution in [2.45, 2.75) is 11.0 Å². The molecule has 0 spiro atoms. The Kier molecular flexibility index (Phi) is 4.50. The summed E-state index contributed by atoms with van der Waals surface area (Å²) in [5.74, 6) is 0. The lowest BCUT2D eigenvalue weighted by atomic mass is 10.5. The third-order valence-corrected chi connectivity index (χ3v) is 6.04. The van der Waals surface area contributed by atoms with E-state index in [-0.39, 0.29) is 6.42 Å². The van der Waals surface area contributed by atoms with Gasteiger partial charge in [0, 0.05) is 23.8 Å². The average Bonchev–Trinajstić information content (AvgIpc) is 2.13. The molecule has 0 aliphatic heterocycles. The molecule has 0 saturated carbocycles. The van der Waals surface area contributed by atoms with Crippen LogP contribution < -0.4 is 0 Å². The highest BCUT2D eigenvalue weighted by Gasteiger charge is 2.33. The number of sulfone groups is 2. The van der Waals surface area contributed by atoms with Crippen molar-refractivity contribution >= 4 is 19.7 Å². The first-order chi connectivity index (χ1) is 6.31. The monoisotopic (exact) mass is 240 g/mol. The summed E-state index contributed by atoms with van der Waals surface area (Å²) in [6.07, 6.45) is -0.386. The lowest BCUT2D eigenvalue weighted by Gasteiger charge is -2.11. The molecule has 0 aliphatic carbocycles. The fourth-order valence-electron chi connectivity index (χ4n) is 0.836. The Morgan fingerprint density at radius 3 is 1.64 bits per heavy atom. The summed E-state index contributed by atoms with van der Waals surface area (Å²) >= 11 is 0. The minimum atomic E-state index is -3.95. The minimum absolute atomic E-state index is 0.386. The van der Waals surface area contributed by atoms with Crippen LogP contribution in [-0.2, 0) is 19.7 Å². The molecule has 0 amide bonds. The van der Waals surface area contributed by atoms with Gasteiger partial charge in [0.15, 0.2) is 24.3 Å². The van der Waals surface area contributed by atoms with Crippen molar-refractivity contribution in [2.75, 3.05) is 6.61 Å². The van der Waals surface area contributed by atoms with E-state index in [0.717, 1.165) is 0 Å². The minimum Gasteiger partial charge on any atom is -0.396 e. The Bertz CT molecular complexity index is 365. The van der Waals surface area contributed by atoms with Crippen LogP contribution in [0.4, 0.5) is 0 Å². The topological polar surface area (TPSA) is 88.5 Å². The molecule has 5 nitrogen and oxygen atoms in total. The molecule has 7 heteroatoms. The van der Waals surface area contributed by atoms with Crippen LogP contribution in [0.1, 0.15) is 6.42 Å². The van der Waals surface area contributed by atoms with Gasteiger partial charge in [-0.1, -0.05) is 13.2 Å². The molecule has 0 aromatic rings. The van der Waals surface area contributed by atoms with E-state index in [1.807, 2.05) is 0 Å². The van der Waals surface area contributed by atoms with Crippen molar-refractivity contribution < 1.29 is 21.9 Å². The smallest absolute Gasteiger partial charge is 0.188 e. The molecule has 1 N–H and O–H groups in total. The molecule has 0 bridgehead atoms. The highest BCUT2D eigenvalue weighted by Crippen LogP contribution is 2.16. The Labute approximate surface area is 83.6 Å². The van der Waals surface area contributed by atoms with E-state index in [4.69, 9.17) is 5.11 Å². The van der Waals surface area contributed by atoms with E-state index in [0.29, 0.717) is 10.8 Å². The van der Waals surface area contributed by atoms with Gasteiger partial charge in [-0.25, -0.2) is 16.8 Å². The second kappa shape index (κ2) is 4.72. The summed E-state index contributed by atoms with van der Waals surface area (Å²) in [5.41, 5.74) is 0. The zero-order chi connectivity index (χ0) is 11.4. The van der Waals surface area contributed by atoms with E-state index in [1.165, 1.54) is 0 Å². The molecule has 82 valence electrons. The first kappa shape index (κ1) is 13.3. The molecule has 0 heterocycles. The van der Waals surface area contributed by atoms with Crippen molar-refractivity contribution in [3.05, 3.63) is 24.0 Å². The largest absolute Gasteiger partial charge is 0.396 e. The van der Waals surface area contributed by atoms with Gasteiger partial charge in [0.1, 0.15) is 0 Å². The molecule has 0 aromatic heterocycles. The molecule has 0 fully saturated rings. The number of rotatable bonds is 6. The zero-order valence-electron chi connectivity index (χ0n) is 7.46. The molecular formula is C7H12O5S2. The molecule has 0 radical (unpaired) electrons. The quantitative estimate of drug-likeness (QED) is 0.695. The van der Waals surface area contributed by atoms with Gasteiger partial charge in [0.2, 0.25) is 0 Å². The fraction of sp³-hybridized carbons (Fsp3) is 0.429. The third-order valence-electron chi connectivity index (χ3n) is 1.56. The average molecular weight is 240 g/mol. The van der Waals surface area contributed by atoms with Crippen LogP contribution in [0.2, 0.25) is 0 Å². The van der Waals surface area contributed by atoms with Crippen molar-refractivity contribution in [3.63, 3.8) is 0 Å². The molecule has 0 atom stereocenters. The standard InChI is InChI=1S/C7H12O5S2/c1-3-13(9,10)7(5-6-8)14(11,12)4-2/h3-4,7-8H,1-2,5-6H2. The van der Waals surface area contributed by atoms with Crippen LogP contribution in [0.25, 0.3) is 0 Å². The van der Waals surface area contributed by atoms with E-state index in [2.05, 4.69) is 13.2 Å². The van der Waals surface area contributed by atoms with Crippen LogP contribution >= 0.6 is 0 Å². The summed E-state index contributed by atoms with van der Waals surface area (Å²) in [6, 6.07) is 0. The summed E-state index contributed by atoms with van der Waals surface area (Å²) in [6.45, 7) is 5.49. The highest BCUT2D eigenvalue weighted by atomic mass is 32.3. The Hall–Kier alpha value is -0.660. The Morgan fingerprint density at radius 1 is 1.07 bits per heavy atom. The Balaban J connectivity index is 5.39. The third kappa shape index (κ3) is 2.93. The highest BCUT2D eigenvalue weighted by molar-refractivity contribution is 8.11. The molecule has 0 saturated heterocycles. The Morgan fingerprint density at radius 2 is 1.43 bits per heavy atom. The summed E-state index contributed by atoms with van der Waals surface area (Å²) in [4.78, 5) is 0. The van der Waals surface area contributed by atoms with Gasteiger partial charge in [-0.2, -0.15) is 0 Å². The molecule has 0 unspecified atom stereocenters. The molecular weight excluding hydrogens is 228 g/mol. The van der Waals surface area contributed by atoms with Gasteiger partial charge >= 0.3 is 0 Å². The van der Waals surface area contributed by atoms with Gasteiger partial charge in [-0.05, 0) is 0 Å². The SMILES string of the molecule is C=CS(=O)(=O)C(CCO)S(=O)(=O)C=C. The summed E-state index contributed by atoms with van der Waals surface area (Å²) in [7, 11) is -7.90. The molecule has 0 rings (SSSR count). The fourth-order valence-corrected chi connectivity index (χ4v) is 4.10. The lowest BCUT2D eigenvalue weighted by molar-refractivity contribution is 0.292. The van der Waals surface area contributed by atoms with Crippen molar-refractivity contribution in [1.29, 1.82) is 0 Å². The van der Waals surface area contributed by atoms with Crippen molar-refractivity contribution in [1.82, 2.24) is 0 Å². The molecule has 0 aliphatic rings. The summed E-state index contributed by atoms with van der Waals surface area (Å²) < 4.78 is 43.3. The van der Waals surface area contributed by atoms with E-state index < -0.39 is 30.9 Å². The second-order valence-corrected chi connectivity index (χ2v) is 6.91. The number of aliphatic hydroxyl groups is 1. The van der Waals surface area contributed by atoms with Crippen LogP contribution in [0, 0.1) is 0 Å². The van der Waals surface area contributed by atoms with Crippen LogP contribution in [-0.4, -0.2) is 33.1 Å². The predicted octanol–water partition coefficient (Wildman–Crippen LogP) is -0.188. The summed E-state index contributed by atoms with van der Waals surface area (Å²) in [5, 5.41) is 9.68. The number of aliphatic hydroxyl groups excluding tert-OH is 1. The maximum atomic E-state index is 11.2. The molecule has 0 aromatic carbocycles. The predicted molar refractivity (Wildman–Crippen MR) is 53.7 cm³/mol. The van der Waals surface area contributed by atoms with E-state index in [9.17, 15) is 16.8 Å². The van der Waals surface area contributed by atoms with Crippen LogP contribution in [0.15, 0.2) is 24.0 Å². The first-order valence-corrected chi connectivity index (χ1v) is 6.87. The van der Waals surface area contributed by atoms with Gasteiger partial charge in [0.05, 0.1) is 0 Å².